The summed E-state index contributed by atoms with van der Waals surface area (Å²) in [6, 6.07) is 9.08. The van der Waals surface area contributed by atoms with E-state index in [1.807, 2.05) is 31.2 Å². The molecule has 2 aromatic carbocycles. The quantitative estimate of drug-likeness (QED) is 0.166. The van der Waals surface area contributed by atoms with E-state index in [0.717, 1.165) is 23.5 Å². The number of hydrogen-bond donors (Lipinski definition) is 3. The SMILES string of the molecule is CCCc1c(OCCCSc2ccc(C(O)C(C)(C)CC(=O)O)cc2)cc(Cl)c(C(C)=O)c1O. The number of carboxylic acids is 1. The maximum atomic E-state index is 11.8. The number of aliphatic hydroxyl groups is 1. The Morgan fingerprint density at radius 1 is 1.21 bits per heavy atom. The number of thioether (sulfide) groups is 1. The van der Waals surface area contributed by atoms with Crippen LogP contribution in [0.25, 0.3) is 0 Å². The first kappa shape index (κ1) is 28.0. The highest BCUT2D eigenvalue weighted by molar-refractivity contribution is 7.99. The number of halogens is 1. The van der Waals surface area contributed by atoms with Crippen molar-refractivity contribution >= 4 is 35.1 Å². The monoisotopic (exact) mass is 508 g/mol. The van der Waals surface area contributed by atoms with Crippen LogP contribution in [0.15, 0.2) is 35.2 Å². The van der Waals surface area contributed by atoms with Crippen molar-refractivity contribution in [1.29, 1.82) is 0 Å². The minimum Gasteiger partial charge on any atom is -0.507 e. The van der Waals surface area contributed by atoms with E-state index in [0.29, 0.717) is 29.9 Å². The molecule has 1 atom stereocenters. The van der Waals surface area contributed by atoms with Gasteiger partial charge in [-0.15, -0.1) is 11.8 Å². The average molecular weight is 509 g/mol. The Kier molecular flexibility index (Phi) is 10.3. The van der Waals surface area contributed by atoms with Gasteiger partial charge in [-0.25, -0.2) is 0 Å². The zero-order valence-corrected chi connectivity index (χ0v) is 21.6. The molecule has 0 amide bonds. The second-order valence-corrected chi connectivity index (χ2v) is 10.5. The van der Waals surface area contributed by atoms with E-state index in [1.54, 1.807) is 31.7 Å². The van der Waals surface area contributed by atoms with Gasteiger partial charge < -0.3 is 20.1 Å². The van der Waals surface area contributed by atoms with E-state index in [-0.39, 0.29) is 28.5 Å². The summed E-state index contributed by atoms with van der Waals surface area (Å²) in [7, 11) is 0. The Hall–Kier alpha value is -2.22. The van der Waals surface area contributed by atoms with Crippen molar-refractivity contribution in [2.24, 2.45) is 5.41 Å². The summed E-state index contributed by atoms with van der Waals surface area (Å²) in [5.74, 6) is -0.0261. The van der Waals surface area contributed by atoms with Crippen LogP contribution in [-0.2, 0) is 11.2 Å². The molecule has 0 aliphatic heterocycles. The largest absolute Gasteiger partial charge is 0.507 e. The summed E-state index contributed by atoms with van der Waals surface area (Å²) < 4.78 is 5.89. The molecule has 186 valence electrons. The number of ether oxygens (including phenoxy) is 1. The molecule has 3 N–H and O–H groups in total. The number of carbonyl (C=O) groups excluding carboxylic acids is 1. The molecule has 2 rings (SSSR count). The first-order valence-electron chi connectivity index (χ1n) is 11.3. The number of phenolic OH excluding ortho intramolecular Hbond substituents is 1. The number of hydrogen-bond acceptors (Lipinski definition) is 6. The van der Waals surface area contributed by atoms with Crippen molar-refractivity contribution < 1.29 is 29.6 Å². The molecule has 0 bridgehead atoms. The first-order chi connectivity index (χ1) is 16.0. The Morgan fingerprint density at radius 3 is 2.41 bits per heavy atom. The Bertz CT molecular complexity index is 1000. The zero-order chi connectivity index (χ0) is 25.5. The van der Waals surface area contributed by atoms with Gasteiger partial charge in [0.1, 0.15) is 11.5 Å². The lowest BCUT2D eigenvalue weighted by atomic mass is 9.80. The molecule has 0 aliphatic rings. The molecule has 0 saturated carbocycles. The number of Topliss-reactive ketones (excluding diaryl/α,β-unsaturated/α-hetero) is 1. The van der Waals surface area contributed by atoms with Crippen LogP contribution in [0.2, 0.25) is 5.02 Å². The summed E-state index contributed by atoms with van der Waals surface area (Å²) in [5.41, 5.74) is 0.653. The minimum absolute atomic E-state index is 0.0972. The number of ketones is 1. The van der Waals surface area contributed by atoms with E-state index in [1.165, 1.54) is 6.92 Å². The third kappa shape index (κ3) is 7.39. The van der Waals surface area contributed by atoms with Crippen molar-refractivity contribution in [2.75, 3.05) is 12.4 Å². The third-order valence-electron chi connectivity index (χ3n) is 5.53. The summed E-state index contributed by atoms with van der Waals surface area (Å²) in [6.07, 6.45) is 1.13. The summed E-state index contributed by atoms with van der Waals surface area (Å²) in [6.45, 7) is 7.26. The Balaban J connectivity index is 1.92. The highest BCUT2D eigenvalue weighted by Gasteiger charge is 2.31. The maximum absolute atomic E-state index is 11.8. The molecule has 8 heteroatoms. The first-order valence-corrected chi connectivity index (χ1v) is 12.6. The molecule has 0 aliphatic carbocycles. The number of aliphatic hydroxyl groups excluding tert-OH is 1. The molecule has 1 unspecified atom stereocenters. The van der Waals surface area contributed by atoms with E-state index in [4.69, 9.17) is 21.4 Å². The van der Waals surface area contributed by atoms with Crippen LogP contribution in [0.1, 0.15) is 74.5 Å². The zero-order valence-electron chi connectivity index (χ0n) is 20.1. The van der Waals surface area contributed by atoms with Crippen LogP contribution >= 0.6 is 23.4 Å². The topological polar surface area (TPSA) is 104 Å². The summed E-state index contributed by atoms with van der Waals surface area (Å²) in [4.78, 5) is 23.9. The van der Waals surface area contributed by atoms with E-state index in [9.17, 15) is 19.8 Å². The number of aliphatic carboxylic acids is 1. The van der Waals surface area contributed by atoms with Crippen molar-refractivity contribution in [2.45, 2.75) is 64.4 Å². The average Bonchev–Trinajstić information content (AvgIpc) is 2.74. The van der Waals surface area contributed by atoms with E-state index in [2.05, 4.69) is 0 Å². The van der Waals surface area contributed by atoms with Gasteiger partial charge in [0.05, 0.1) is 29.7 Å². The van der Waals surface area contributed by atoms with Gasteiger partial charge in [0.25, 0.3) is 0 Å². The minimum atomic E-state index is -0.937. The van der Waals surface area contributed by atoms with Crippen LogP contribution in [0.4, 0.5) is 0 Å². The van der Waals surface area contributed by atoms with Crippen LogP contribution in [0.3, 0.4) is 0 Å². The van der Waals surface area contributed by atoms with Crippen LogP contribution in [0.5, 0.6) is 11.5 Å². The second kappa shape index (κ2) is 12.5. The van der Waals surface area contributed by atoms with Gasteiger partial charge in [-0.05, 0) is 37.5 Å². The second-order valence-electron chi connectivity index (χ2n) is 8.95. The smallest absolute Gasteiger partial charge is 0.303 e. The fourth-order valence-electron chi connectivity index (χ4n) is 3.73. The lowest BCUT2D eigenvalue weighted by Gasteiger charge is -2.29. The molecule has 2 aromatic rings. The number of carboxylic acid groups (broad SMARTS) is 1. The number of rotatable bonds is 13. The normalized spacial score (nSPS) is 12.4. The summed E-state index contributed by atoms with van der Waals surface area (Å²) >= 11 is 7.84. The van der Waals surface area contributed by atoms with Gasteiger partial charge in [-0.1, -0.05) is 50.9 Å². The maximum Gasteiger partial charge on any atom is 0.303 e. The molecule has 0 radical (unpaired) electrons. The standard InChI is InChI=1S/C26H33ClO6S/c1-5-7-19-21(14-20(27)23(16(2)28)24(19)31)33-12-6-13-34-18-10-8-17(9-11-18)25(32)26(3,4)15-22(29)30/h8-11,14,25,31-32H,5-7,12-13,15H2,1-4H3,(H,29,30). The Labute approximate surface area is 210 Å². The molecule has 34 heavy (non-hydrogen) atoms. The molecule has 0 fully saturated rings. The van der Waals surface area contributed by atoms with Gasteiger partial charge in [0.15, 0.2) is 5.78 Å². The highest BCUT2D eigenvalue weighted by atomic mass is 35.5. The number of benzene rings is 2. The highest BCUT2D eigenvalue weighted by Crippen LogP contribution is 2.39. The predicted molar refractivity (Wildman–Crippen MR) is 135 cm³/mol. The lowest BCUT2D eigenvalue weighted by molar-refractivity contribution is -0.141. The number of aromatic hydroxyl groups is 1. The molecule has 0 spiro atoms. The van der Waals surface area contributed by atoms with E-state index < -0.39 is 17.5 Å². The number of carbonyl (C=O) groups is 2. The van der Waals surface area contributed by atoms with Crippen molar-refractivity contribution in [3.63, 3.8) is 0 Å². The Morgan fingerprint density at radius 2 is 1.85 bits per heavy atom. The van der Waals surface area contributed by atoms with Crippen molar-refractivity contribution in [3.05, 3.63) is 52.0 Å². The number of phenols is 1. The molecule has 0 saturated heterocycles. The fourth-order valence-corrected chi connectivity index (χ4v) is 4.87. The third-order valence-corrected chi connectivity index (χ3v) is 6.92. The van der Waals surface area contributed by atoms with Gasteiger partial charge in [0, 0.05) is 27.7 Å². The molecule has 0 aromatic heterocycles. The molecular weight excluding hydrogens is 476 g/mol. The van der Waals surface area contributed by atoms with Gasteiger partial charge in [-0.2, -0.15) is 0 Å². The fraction of sp³-hybridized carbons (Fsp3) is 0.462. The predicted octanol–water partition coefficient (Wildman–Crippen LogP) is 6.30. The molecule has 0 heterocycles. The van der Waals surface area contributed by atoms with Crippen molar-refractivity contribution in [1.82, 2.24) is 0 Å². The van der Waals surface area contributed by atoms with Crippen molar-refractivity contribution in [3.8, 4) is 11.5 Å². The van der Waals surface area contributed by atoms with Gasteiger partial charge >= 0.3 is 5.97 Å². The van der Waals surface area contributed by atoms with Gasteiger partial charge in [0.2, 0.25) is 0 Å². The summed E-state index contributed by atoms with van der Waals surface area (Å²) in [5, 5.41) is 30.3. The van der Waals surface area contributed by atoms with Crippen LogP contribution in [-0.4, -0.2) is 39.4 Å². The van der Waals surface area contributed by atoms with E-state index >= 15 is 0 Å². The molecular formula is C26H33ClO6S. The molecule has 6 nitrogen and oxygen atoms in total. The van der Waals surface area contributed by atoms with Crippen LogP contribution < -0.4 is 4.74 Å². The lowest BCUT2D eigenvalue weighted by Crippen LogP contribution is -2.25. The van der Waals surface area contributed by atoms with Gasteiger partial charge in [-0.3, -0.25) is 9.59 Å². The van der Waals surface area contributed by atoms with Crippen LogP contribution in [0, 0.1) is 5.41 Å².